The molecule has 0 spiro atoms. The number of ether oxygens (including phenoxy) is 1. The van der Waals surface area contributed by atoms with Gasteiger partial charge in [0.25, 0.3) is 5.91 Å². The molecule has 8 heteroatoms. The van der Waals surface area contributed by atoms with Crippen LogP contribution in [0.4, 0.5) is 0 Å². The molecule has 0 atom stereocenters. The van der Waals surface area contributed by atoms with Gasteiger partial charge in [0.1, 0.15) is 4.83 Å². The number of carbonyl (C=O) groups excluding carboxylic acids is 2. The number of esters is 1. The lowest BCUT2D eigenvalue weighted by Gasteiger charge is -2.30. The van der Waals surface area contributed by atoms with Gasteiger partial charge in [-0.05, 0) is 57.0 Å². The van der Waals surface area contributed by atoms with Crippen LogP contribution in [-0.4, -0.2) is 46.3 Å². The van der Waals surface area contributed by atoms with E-state index in [0.29, 0.717) is 42.4 Å². The highest BCUT2D eigenvalue weighted by Gasteiger charge is 2.29. The molecule has 152 valence electrons. The van der Waals surface area contributed by atoms with Crippen molar-refractivity contribution in [3.63, 3.8) is 0 Å². The van der Waals surface area contributed by atoms with Crippen LogP contribution in [0.5, 0.6) is 0 Å². The van der Waals surface area contributed by atoms with Crippen molar-refractivity contribution < 1.29 is 14.3 Å². The average Bonchev–Trinajstić information content (AvgIpc) is 3.29. The van der Waals surface area contributed by atoms with Gasteiger partial charge in [-0.1, -0.05) is 11.6 Å². The molecule has 4 rings (SSSR count). The van der Waals surface area contributed by atoms with Gasteiger partial charge in [-0.25, -0.2) is 4.68 Å². The second-order valence-corrected chi connectivity index (χ2v) is 8.59. The summed E-state index contributed by atoms with van der Waals surface area (Å²) in [7, 11) is 0. The summed E-state index contributed by atoms with van der Waals surface area (Å²) in [6.45, 7) is 5.28. The average molecular weight is 432 g/mol. The molecule has 0 bridgehead atoms. The number of likely N-dealkylation sites (tertiary alicyclic amines) is 1. The summed E-state index contributed by atoms with van der Waals surface area (Å²) in [5, 5.41) is 6.27. The monoisotopic (exact) mass is 431 g/mol. The van der Waals surface area contributed by atoms with Crippen molar-refractivity contribution >= 4 is 45.0 Å². The number of benzene rings is 1. The Hall–Kier alpha value is -2.38. The van der Waals surface area contributed by atoms with Gasteiger partial charge in [-0.3, -0.25) is 9.59 Å². The summed E-state index contributed by atoms with van der Waals surface area (Å²) in [6.07, 6.45) is 1.29. The van der Waals surface area contributed by atoms with Crippen LogP contribution >= 0.6 is 22.9 Å². The smallest absolute Gasteiger partial charge is 0.309 e. The van der Waals surface area contributed by atoms with Gasteiger partial charge in [-0.15, -0.1) is 11.3 Å². The first-order valence-corrected chi connectivity index (χ1v) is 10.9. The minimum absolute atomic E-state index is 0.00978. The van der Waals surface area contributed by atoms with Crippen molar-refractivity contribution in [2.75, 3.05) is 19.7 Å². The molecule has 0 aliphatic carbocycles. The number of fused-ring (bicyclic) bond motifs is 1. The fourth-order valence-electron chi connectivity index (χ4n) is 3.64. The Morgan fingerprint density at radius 2 is 1.93 bits per heavy atom. The van der Waals surface area contributed by atoms with E-state index in [0.717, 1.165) is 21.6 Å². The molecular formula is C21H22ClN3O3S. The van der Waals surface area contributed by atoms with Gasteiger partial charge in [0, 0.05) is 23.5 Å². The van der Waals surface area contributed by atoms with E-state index in [-0.39, 0.29) is 17.8 Å². The van der Waals surface area contributed by atoms with Crippen molar-refractivity contribution in [1.29, 1.82) is 0 Å². The highest BCUT2D eigenvalue weighted by atomic mass is 35.5. The van der Waals surface area contributed by atoms with Crippen molar-refractivity contribution in [2.24, 2.45) is 5.92 Å². The summed E-state index contributed by atoms with van der Waals surface area (Å²) >= 11 is 7.44. The van der Waals surface area contributed by atoms with E-state index in [1.807, 2.05) is 53.8 Å². The van der Waals surface area contributed by atoms with Crippen LogP contribution in [0.25, 0.3) is 15.9 Å². The zero-order valence-corrected chi connectivity index (χ0v) is 17.9. The molecule has 1 saturated heterocycles. The Morgan fingerprint density at radius 3 is 2.59 bits per heavy atom. The summed E-state index contributed by atoms with van der Waals surface area (Å²) in [5.41, 5.74) is 1.79. The van der Waals surface area contributed by atoms with E-state index < -0.39 is 0 Å². The number of thiophene rings is 1. The molecule has 0 unspecified atom stereocenters. The summed E-state index contributed by atoms with van der Waals surface area (Å²) in [6, 6.07) is 9.40. The molecule has 6 nitrogen and oxygen atoms in total. The molecule has 0 radical (unpaired) electrons. The number of nitrogens with zero attached hydrogens (tertiary/aromatic N) is 3. The van der Waals surface area contributed by atoms with E-state index in [4.69, 9.17) is 16.3 Å². The maximum absolute atomic E-state index is 13.0. The number of rotatable bonds is 4. The normalized spacial score (nSPS) is 15.1. The van der Waals surface area contributed by atoms with Crippen LogP contribution in [0, 0.1) is 12.8 Å². The number of aromatic nitrogens is 2. The summed E-state index contributed by atoms with van der Waals surface area (Å²) in [5.74, 6) is -0.252. The van der Waals surface area contributed by atoms with Gasteiger partial charge in [0.05, 0.1) is 28.8 Å². The number of hydrogen-bond donors (Lipinski definition) is 0. The van der Waals surface area contributed by atoms with Crippen molar-refractivity contribution in [1.82, 2.24) is 14.7 Å². The molecule has 1 amide bonds. The van der Waals surface area contributed by atoms with Crippen LogP contribution in [0.15, 0.2) is 30.3 Å². The SMILES string of the molecule is CCOC(=O)C1CCN(C(=O)c2cc3c(C)nn(-c4ccc(Cl)cc4)c3s2)CC1. The Morgan fingerprint density at radius 1 is 1.24 bits per heavy atom. The number of carbonyl (C=O) groups is 2. The number of aryl methyl sites for hydroxylation is 1. The van der Waals surface area contributed by atoms with Gasteiger partial charge >= 0.3 is 5.97 Å². The third kappa shape index (κ3) is 3.89. The van der Waals surface area contributed by atoms with E-state index in [1.165, 1.54) is 11.3 Å². The fourth-order valence-corrected chi connectivity index (χ4v) is 4.92. The molecule has 1 aromatic carbocycles. The standard InChI is InChI=1S/C21H22ClN3O3S/c1-3-28-21(27)14-8-10-24(11-9-14)19(26)18-12-17-13(2)23-25(20(17)29-18)16-6-4-15(22)5-7-16/h4-7,12,14H,3,8-11H2,1-2H3. The molecule has 3 heterocycles. The van der Waals surface area contributed by atoms with E-state index >= 15 is 0 Å². The Balaban J connectivity index is 1.54. The Kier molecular flexibility index (Phi) is 5.61. The largest absolute Gasteiger partial charge is 0.466 e. The van der Waals surface area contributed by atoms with Crippen molar-refractivity contribution in [2.45, 2.75) is 26.7 Å². The van der Waals surface area contributed by atoms with Crippen molar-refractivity contribution in [3.05, 3.63) is 45.9 Å². The molecule has 29 heavy (non-hydrogen) atoms. The van der Waals surface area contributed by atoms with Gasteiger partial charge in [-0.2, -0.15) is 5.10 Å². The lowest BCUT2D eigenvalue weighted by atomic mass is 9.97. The van der Waals surface area contributed by atoms with E-state index in [9.17, 15) is 9.59 Å². The van der Waals surface area contributed by atoms with Crippen LogP contribution in [0.3, 0.4) is 0 Å². The number of amides is 1. The molecule has 1 aliphatic heterocycles. The zero-order chi connectivity index (χ0) is 20.5. The van der Waals surface area contributed by atoms with Gasteiger partial charge < -0.3 is 9.64 Å². The van der Waals surface area contributed by atoms with Crippen LogP contribution in [0.1, 0.15) is 35.1 Å². The summed E-state index contributed by atoms with van der Waals surface area (Å²) in [4.78, 5) is 28.4. The third-order valence-electron chi connectivity index (χ3n) is 5.23. The third-order valence-corrected chi connectivity index (χ3v) is 6.58. The second-order valence-electron chi connectivity index (χ2n) is 7.12. The lowest BCUT2D eigenvalue weighted by Crippen LogP contribution is -2.40. The first-order valence-electron chi connectivity index (χ1n) is 9.69. The van der Waals surface area contributed by atoms with Gasteiger partial charge in [0.2, 0.25) is 0 Å². The molecule has 0 saturated carbocycles. The number of piperidine rings is 1. The van der Waals surface area contributed by atoms with Crippen LogP contribution in [0.2, 0.25) is 5.02 Å². The highest BCUT2D eigenvalue weighted by molar-refractivity contribution is 7.20. The highest BCUT2D eigenvalue weighted by Crippen LogP contribution is 2.32. The Bertz CT molecular complexity index is 1050. The summed E-state index contributed by atoms with van der Waals surface area (Å²) < 4.78 is 6.97. The zero-order valence-electron chi connectivity index (χ0n) is 16.4. The van der Waals surface area contributed by atoms with Gasteiger partial charge in [0.15, 0.2) is 0 Å². The maximum atomic E-state index is 13.0. The molecule has 1 fully saturated rings. The fraction of sp³-hybridized carbons (Fsp3) is 0.381. The molecule has 1 aliphatic rings. The molecule has 3 aromatic rings. The molecule has 0 N–H and O–H groups in total. The second kappa shape index (κ2) is 8.16. The lowest BCUT2D eigenvalue weighted by molar-refractivity contribution is -0.149. The van der Waals surface area contributed by atoms with Crippen LogP contribution in [-0.2, 0) is 9.53 Å². The Labute approximate surface area is 178 Å². The topological polar surface area (TPSA) is 64.4 Å². The number of hydrogen-bond acceptors (Lipinski definition) is 5. The maximum Gasteiger partial charge on any atom is 0.309 e. The minimum Gasteiger partial charge on any atom is -0.466 e. The predicted octanol–water partition coefficient (Wildman–Crippen LogP) is 4.46. The molecule has 2 aromatic heterocycles. The predicted molar refractivity (Wildman–Crippen MR) is 114 cm³/mol. The molecular weight excluding hydrogens is 410 g/mol. The first kappa shape index (κ1) is 19.9. The number of halogens is 1. The van der Waals surface area contributed by atoms with Crippen LogP contribution < -0.4 is 0 Å². The quantitative estimate of drug-likeness (QED) is 0.572. The van der Waals surface area contributed by atoms with E-state index in [2.05, 4.69) is 5.10 Å². The van der Waals surface area contributed by atoms with Crippen molar-refractivity contribution in [3.8, 4) is 5.69 Å². The minimum atomic E-state index is -0.153. The first-order chi connectivity index (χ1) is 14.0. The van der Waals surface area contributed by atoms with E-state index in [1.54, 1.807) is 0 Å².